The van der Waals surface area contributed by atoms with Crippen LogP contribution >= 0.6 is 11.6 Å². The number of nitrogens with one attached hydrogen (secondary N) is 1. The minimum Gasteiger partial charge on any atom is -0.431 e. The third-order valence-corrected chi connectivity index (χ3v) is 3.64. The maximum atomic E-state index is 12.6. The van der Waals surface area contributed by atoms with Crippen LogP contribution in [-0.2, 0) is 6.61 Å². The molecule has 1 aromatic carbocycles. The van der Waals surface area contributed by atoms with Gasteiger partial charge in [-0.3, -0.25) is 9.20 Å². The molecule has 0 unspecified atom stereocenters. The van der Waals surface area contributed by atoms with Gasteiger partial charge in [0, 0.05) is 16.9 Å². The van der Waals surface area contributed by atoms with Crippen LogP contribution in [0.2, 0.25) is 5.02 Å². The Balaban J connectivity index is 2.16. The summed E-state index contributed by atoms with van der Waals surface area (Å²) in [5, 5.41) is 12.9. The maximum Gasteiger partial charge on any atom is 0.387 e. The van der Waals surface area contributed by atoms with Crippen molar-refractivity contribution in [1.82, 2.24) is 9.38 Å². The van der Waals surface area contributed by atoms with Crippen LogP contribution in [0.5, 0.6) is 5.75 Å². The molecule has 0 aliphatic rings. The van der Waals surface area contributed by atoms with Gasteiger partial charge in [0.15, 0.2) is 11.4 Å². The Morgan fingerprint density at radius 2 is 2.00 bits per heavy atom. The molecule has 0 saturated heterocycles. The molecule has 2 N–H and O–H groups in total. The lowest BCUT2D eigenvalue weighted by atomic mass is 10.2. The van der Waals surface area contributed by atoms with E-state index in [1.54, 1.807) is 24.3 Å². The van der Waals surface area contributed by atoms with Gasteiger partial charge < -0.3 is 15.2 Å². The van der Waals surface area contributed by atoms with Crippen LogP contribution in [0.1, 0.15) is 5.56 Å². The predicted octanol–water partition coefficient (Wildman–Crippen LogP) is 3.19. The van der Waals surface area contributed by atoms with Crippen LogP contribution in [0.25, 0.3) is 5.65 Å². The van der Waals surface area contributed by atoms with E-state index < -0.39 is 18.8 Å². The van der Waals surface area contributed by atoms with E-state index in [-0.39, 0.29) is 22.8 Å². The van der Waals surface area contributed by atoms with E-state index in [0.717, 1.165) is 4.40 Å². The largest absolute Gasteiger partial charge is 0.431 e. The number of pyridine rings is 1. The van der Waals surface area contributed by atoms with Gasteiger partial charge in [0.1, 0.15) is 5.82 Å². The molecule has 0 bridgehead atoms. The molecular weight excluding hydrogens is 356 g/mol. The number of aliphatic hydroxyl groups excluding tert-OH is 1. The average Bonchev–Trinajstić information content (AvgIpc) is 2.58. The number of alkyl halides is 2. The number of aliphatic hydroxyl groups is 1. The topological polar surface area (TPSA) is 75.9 Å². The molecule has 6 nitrogen and oxygen atoms in total. The van der Waals surface area contributed by atoms with E-state index in [0.29, 0.717) is 10.7 Å². The average molecular weight is 368 g/mol. The van der Waals surface area contributed by atoms with Crippen molar-refractivity contribution in [2.45, 2.75) is 13.2 Å². The van der Waals surface area contributed by atoms with Gasteiger partial charge in [-0.1, -0.05) is 11.6 Å². The Morgan fingerprint density at radius 1 is 1.28 bits per heavy atom. The first-order valence-electron chi connectivity index (χ1n) is 7.12. The van der Waals surface area contributed by atoms with Crippen molar-refractivity contribution in [1.29, 1.82) is 0 Å². The second-order valence-corrected chi connectivity index (χ2v) is 5.42. The summed E-state index contributed by atoms with van der Waals surface area (Å²) in [4.78, 5) is 16.7. The minimum absolute atomic E-state index is 0.0124. The van der Waals surface area contributed by atoms with E-state index in [9.17, 15) is 18.7 Å². The van der Waals surface area contributed by atoms with Crippen molar-refractivity contribution in [2.24, 2.45) is 0 Å². The number of aromatic nitrogens is 2. The minimum atomic E-state index is -3.06. The van der Waals surface area contributed by atoms with E-state index in [1.165, 1.54) is 18.3 Å². The second-order valence-electron chi connectivity index (χ2n) is 4.98. The van der Waals surface area contributed by atoms with Crippen LogP contribution < -0.4 is 15.6 Å². The predicted molar refractivity (Wildman–Crippen MR) is 88.8 cm³/mol. The Hall–Kier alpha value is -2.71. The van der Waals surface area contributed by atoms with Crippen LogP contribution in [0.15, 0.2) is 47.4 Å². The van der Waals surface area contributed by atoms with Crippen molar-refractivity contribution in [2.75, 3.05) is 5.32 Å². The number of anilines is 2. The van der Waals surface area contributed by atoms with Gasteiger partial charge in [0.05, 0.1) is 12.2 Å². The van der Waals surface area contributed by atoms with Gasteiger partial charge in [-0.25, -0.2) is 4.98 Å². The number of ether oxygens (including phenoxy) is 1. The summed E-state index contributed by atoms with van der Waals surface area (Å²) in [6.45, 7) is -3.64. The van der Waals surface area contributed by atoms with Gasteiger partial charge >= 0.3 is 6.61 Å². The highest BCUT2D eigenvalue weighted by Gasteiger charge is 2.16. The van der Waals surface area contributed by atoms with Crippen molar-refractivity contribution < 1.29 is 18.6 Å². The molecule has 0 atom stereocenters. The van der Waals surface area contributed by atoms with Gasteiger partial charge in [-0.2, -0.15) is 8.78 Å². The summed E-state index contributed by atoms with van der Waals surface area (Å²) in [6.07, 6.45) is 1.36. The Kier molecular flexibility index (Phi) is 4.82. The fourth-order valence-electron chi connectivity index (χ4n) is 2.28. The number of fused-ring (bicyclic) bond motifs is 1. The number of nitrogens with zero attached hydrogens (tertiary/aromatic N) is 2. The summed E-state index contributed by atoms with van der Waals surface area (Å²) in [5.74, 6) is -0.210. The molecule has 3 aromatic rings. The van der Waals surface area contributed by atoms with E-state index >= 15 is 0 Å². The normalized spacial score (nSPS) is 11.1. The highest BCUT2D eigenvalue weighted by Crippen LogP contribution is 2.24. The lowest BCUT2D eigenvalue weighted by molar-refractivity contribution is -0.0491. The highest BCUT2D eigenvalue weighted by atomic mass is 35.5. The summed E-state index contributed by atoms with van der Waals surface area (Å²) in [6, 6.07) is 9.20. The fourth-order valence-corrected chi connectivity index (χ4v) is 2.40. The van der Waals surface area contributed by atoms with Crippen LogP contribution in [0.3, 0.4) is 0 Å². The molecule has 25 heavy (non-hydrogen) atoms. The van der Waals surface area contributed by atoms with Crippen molar-refractivity contribution in [3.8, 4) is 5.75 Å². The monoisotopic (exact) mass is 367 g/mol. The molecule has 0 aliphatic heterocycles. The number of benzene rings is 1. The van der Waals surface area contributed by atoms with E-state index in [4.69, 9.17) is 11.6 Å². The zero-order valence-electron chi connectivity index (χ0n) is 12.6. The third-order valence-electron chi connectivity index (χ3n) is 3.39. The van der Waals surface area contributed by atoms with Crippen molar-refractivity contribution >= 4 is 28.8 Å². The zero-order chi connectivity index (χ0) is 18.0. The first kappa shape index (κ1) is 17.1. The summed E-state index contributed by atoms with van der Waals surface area (Å²) >= 11 is 5.82. The lowest BCUT2D eigenvalue weighted by Crippen LogP contribution is -2.22. The van der Waals surface area contributed by atoms with Crippen molar-refractivity contribution in [3.05, 3.63) is 63.5 Å². The molecule has 0 radical (unpaired) electrons. The number of halogens is 3. The van der Waals surface area contributed by atoms with Crippen molar-refractivity contribution in [3.63, 3.8) is 0 Å². The standard InChI is InChI=1S/C16H12ClF2N3O3/c17-9-3-5-10(6-4-9)20-13-11(8-23)15(24)22-7-1-2-12(14(22)21-13)25-16(18)19/h1-7,16,20,23H,8H2. The fraction of sp³-hybridized carbons (Fsp3) is 0.125. The molecule has 0 spiro atoms. The lowest BCUT2D eigenvalue weighted by Gasteiger charge is -2.13. The molecule has 0 amide bonds. The number of hydrogen-bond donors (Lipinski definition) is 2. The Morgan fingerprint density at radius 3 is 2.64 bits per heavy atom. The smallest absolute Gasteiger partial charge is 0.387 e. The summed E-state index contributed by atoms with van der Waals surface area (Å²) in [7, 11) is 0. The molecule has 0 fully saturated rings. The van der Waals surface area contributed by atoms with Gasteiger partial charge in [0.2, 0.25) is 0 Å². The quantitative estimate of drug-likeness (QED) is 0.724. The Bertz CT molecular complexity index is 961. The van der Waals surface area contributed by atoms with Gasteiger partial charge in [-0.15, -0.1) is 0 Å². The maximum absolute atomic E-state index is 12.6. The van der Waals surface area contributed by atoms with Gasteiger partial charge in [-0.05, 0) is 36.4 Å². The molecule has 9 heteroatoms. The summed E-state index contributed by atoms with van der Waals surface area (Å²) < 4.78 is 30.6. The first-order chi connectivity index (χ1) is 12.0. The summed E-state index contributed by atoms with van der Waals surface area (Å²) in [5.41, 5.74) is -0.144. The van der Waals surface area contributed by atoms with Crippen LogP contribution in [0, 0.1) is 0 Å². The van der Waals surface area contributed by atoms with Crippen LogP contribution in [0.4, 0.5) is 20.3 Å². The highest BCUT2D eigenvalue weighted by molar-refractivity contribution is 6.30. The molecule has 2 aromatic heterocycles. The molecular formula is C16H12ClF2N3O3. The van der Waals surface area contributed by atoms with Crippen LogP contribution in [-0.4, -0.2) is 21.1 Å². The first-order valence-corrected chi connectivity index (χ1v) is 7.50. The third kappa shape index (κ3) is 3.54. The number of hydrogen-bond acceptors (Lipinski definition) is 5. The van der Waals surface area contributed by atoms with E-state index in [1.807, 2.05) is 0 Å². The molecule has 0 aliphatic carbocycles. The SMILES string of the molecule is O=c1c(CO)c(Nc2ccc(Cl)cc2)nc2c(OC(F)F)cccn12. The molecule has 130 valence electrons. The molecule has 3 rings (SSSR count). The van der Waals surface area contributed by atoms with Gasteiger partial charge in [0.25, 0.3) is 5.56 Å². The molecule has 0 saturated carbocycles. The molecule has 2 heterocycles. The number of rotatable bonds is 5. The Labute approximate surface area is 145 Å². The second kappa shape index (κ2) is 7.04. The zero-order valence-corrected chi connectivity index (χ0v) is 13.4. The van der Waals surface area contributed by atoms with E-state index in [2.05, 4.69) is 15.0 Å².